The first-order valence-corrected chi connectivity index (χ1v) is 6.75. The molecule has 94 valence electrons. The van der Waals surface area contributed by atoms with Crippen molar-refractivity contribution in [2.45, 2.75) is 11.3 Å². The van der Waals surface area contributed by atoms with E-state index in [4.69, 9.17) is 17.3 Å². The summed E-state index contributed by atoms with van der Waals surface area (Å²) in [5, 5.41) is 0.376. The van der Waals surface area contributed by atoms with E-state index in [1.807, 2.05) is 0 Å². The van der Waals surface area contributed by atoms with Crippen LogP contribution in [0.1, 0.15) is 6.42 Å². The van der Waals surface area contributed by atoms with Gasteiger partial charge in [-0.15, -0.1) is 0 Å². The van der Waals surface area contributed by atoms with Crippen molar-refractivity contribution in [3.63, 3.8) is 0 Å². The number of rotatable bonds is 4. The first kappa shape index (κ1) is 14.0. The van der Waals surface area contributed by atoms with Crippen LogP contribution in [0.4, 0.5) is 5.69 Å². The molecule has 1 aromatic rings. The van der Waals surface area contributed by atoms with Gasteiger partial charge in [-0.2, -0.15) is 0 Å². The topological polar surface area (TPSA) is 63.4 Å². The van der Waals surface area contributed by atoms with Crippen LogP contribution in [0.2, 0.25) is 5.02 Å². The molecule has 0 spiro atoms. The molecule has 4 nitrogen and oxygen atoms in total. The predicted octanol–water partition coefficient (Wildman–Crippen LogP) is 1.51. The first-order chi connectivity index (χ1) is 7.93. The lowest BCUT2D eigenvalue weighted by molar-refractivity contribution is -0.128. The summed E-state index contributed by atoms with van der Waals surface area (Å²) in [6, 6.07) is 4.98. The van der Waals surface area contributed by atoms with Gasteiger partial charge in [-0.05, 0) is 12.1 Å². The average Bonchev–Trinajstić information content (AvgIpc) is 2.25. The molecule has 17 heavy (non-hydrogen) atoms. The quantitative estimate of drug-likeness (QED) is 0.847. The zero-order valence-corrected chi connectivity index (χ0v) is 11.3. The van der Waals surface area contributed by atoms with Gasteiger partial charge >= 0.3 is 0 Å². The summed E-state index contributed by atoms with van der Waals surface area (Å²) in [6.07, 6.45) is 0.213. The van der Waals surface area contributed by atoms with E-state index in [1.54, 1.807) is 32.3 Å². The van der Waals surface area contributed by atoms with Crippen LogP contribution in [0.5, 0.6) is 0 Å². The molecule has 1 aromatic carbocycles. The van der Waals surface area contributed by atoms with Crippen LogP contribution in [-0.2, 0) is 15.6 Å². The van der Waals surface area contributed by atoms with E-state index in [2.05, 4.69) is 0 Å². The Bertz CT molecular complexity index is 429. The molecular formula is C11H15ClN2O2S. The third-order valence-corrected chi connectivity index (χ3v) is 4.14. The van der Waals surface area contributed by atoms with Gasteiger partial charge in [0, 0.05) is 32.0 Å². The van der Waals surface area contributed by atoms with Crippen LogP contribution < -0.4 is 5.73 Å². The highest BCUT2D eigenvalue weighted by Gasteiger charge is 2.14. The zero-order valence-electron chi connectivity index (χ0n) is 9.77. The van der Waals surface area contributed by atoms with Crippen molar-refractivity contribution < 1.29 is 9.00 Å². The number of nitrogen functional groups attached to an aromatic ring is 1. The number of carbonyl (C=O) groups is 1. The van der Waals surface area contributed by atoms with Crippen molar-refractivity contribution in [3.8, 4) is 0 Å². The predicted molar refractivity (Wildman–Crippen MR) is 70.5 cm³/mol. The van der Waals surface area contributed by atoms with Gasteiger partial charge < -0.3 is 10.6 Å². The van der Waals surface area contributed by atoms with Gasteiger partial charge in [-0.25, -0.2) is 0 Å². The van der Waals surface area contributed by atoms with Crippen LogP contribution in [0.25, 0.3) is 0 Å². The first-order valence-electron chi connectivity index (χ1n) is 5.06. The summed E-state index contributed by atoms with van der Waals surface area (Å²) in [5.74, 6) is 0.161. The van der Waals surface area contributed by atoms with E-state index in [0.29, 0.717) is 15.6 Å². The van der Waals surface area contributed by atoms with Gasteiger partial charge in [0.05, 0.1) is 20.7 Å². The normalized spacial score (nSPS) is 12.2. The molecule has 0 fully saturated rings. The van der Waals surface area contributed by atoms with Gasteiger partial charge in [0.25, 0.3) is 0 Å². The average molecular weight is 275 g/mol. The molecular weight excluding hydrogens is 260 g/mol. The van der Waals surface area contributed by atoms with Crippen LogP contribution in [0.15, 0.2) is 23.1 Å². The Kier molecular flexibility index (Phi) is 4.96. The molecule has 0 aliphatic rings. The lowest BCUT2D eigenvalue weighted by atomic mass is 10.3. The smallest absolute Gasteiger partial charge is 0.222 e. The highest BCUT2D eigenvalue weighted by molar-refractivity contribution is 7.85. The van der Waals surface area contributed by atoms with Crippen molar-refractivity contribution in [2.75, 3.05) is 25.6 Å². The number of amides is 1. The van der Waals surface area contributed by atoms with E-state index < -0.39 is 10.8 Å². The molecule has 0 aliphatic heterocycles. The van der Waals surface area contributed by atoms with Gasteiger partial charge in [0.1, 0.15) is 0 Å². The molecule has 0 aliphatic carbocycles. The molecule has 1 atom stereocenters. The van der Waals surface area contributed by atoms with E-state index in [9.17, 15) is 9.00 Å². The fourth-order valence-electron chi connectivity index (χ4n) is 1.27. The fraction of sp³-hybridized carbons (Fsp3) is 0.364. The number of nitrogens with zero attached hydrogens (tertiary/aromatic N) is 1. The molecule has 0 bridgehead atoms. The lowest BCUT2D eigenvalue weighted by Crippen LogP contribution is -2.23. The number of hydrogen-bond donors (Lipinski definition) is 1. The summed E-state index contributed by atoms with van der Waals surface area (Å²) >= 11 is 5.93. The Balaban J connectivity index is 2.74. The van der Waals surface area contributed by atoms with Crippen molar-refractivity contribution in [2.24, 2.45) is 0 Å². The van der Waals surface area contributed by atoms with Crippen molar-refractivity contribution in [1.82, 2.24) is 4.90 Å². The fourth-order valence-corrected chi connectivity index (χ4v) is 2.89. The lowest BCUT2D eigenvalue weighted by Gasteiger charge is -2.11. The number of nitrogens with two attached hydrogens (primary N) is 1. The van der Waals surface area contributed by atoms with E-state index in [1.165, 1.54) is 4.90 Å². The minimum absolute atomic E-state index is 0.0658. The summed E-state index contributed by atoms with van der Waals surface area (Å²) in [5.41, 5.74) is 6.11. The standard InChI is InChI=1S/C11H15ClN2O2S/c1-14(2)10(15)6-7-17(16)11-8(12)4-3-5-9(11)13/h3-5H,6-7,13H2,1-2H3. The Morgan fingerprint density at radius 3 is 2.65 bits per heavy atom. The van der Waals surface area contributed by atoms with Crippen LogP contribution in [-0.4, -0.2) is 34.9 Å². The van der Waals surface area contributed by atoms with Crippen LogP contribution >= 0.6 is 11.6 Å². The highest BCUT2D eigenvalue weighted by Crippen LogP contribution is 2.26. The Morgan fingerprint density at radius 1 is 1.47 bits per heavy atom. The Hall–Kier alpha value is -1.07. The highest BCUT2D eigenvalue weighted by atomic mass is 35.5. The van der Waals surface area contributed by atoms with E-state index in [0.717, 1.165) is 0 Å². The Labute approximate surface area is 108 Å². The van der Waals surface area contributed by atoms with Gasteiger partial charge in [-0.1, -0.05) is 17.7 Å². The zero-order chi connectivity index (χ0) is 13.0. The maximum Gasteiger partial charge on any atom is 0.222 e. The number of anilines is 1. The summed E-state index contributed by atoms with van der Waals surface area (Å²) in [7, 11) is 1.98. The summed E-state index contributed by atoms with van der Waals surface area (Å²) < 4.78 is 12.0. The second kappa shape index (κ2) is 6.02. The molecule has 1 rings (SSSR count). The number of carbonyl (C=O) groups excluding carboxylic acids is 1. The molecule has 1 unspecified atom stereocenters. The minimum Gasteiger partial charge on any atom is -0.398 e. The van der Waals surface area contributed by atoms with E-state index >= 15 is 0 Å². The van der Waals surface area contributed by atoms with Crippen LogP contribution in [0, 0.1) is 0 Å². The molecule has 0 radical (unpaired) electrons. The van der Waals surface area contributed by atoms with Gasteiger partial charge in [0.2, 0.25) is 5.91 Å². The van der Waals surface area contributed by atoms with Gasteiger partial charge in [-0.3, -0.25) is 9.00 Å². The van der Waals surface area contributed by atoms with Crippen molar-refractivity contribution in [1.29, 1.82) is 0 Å². The number of hydrogen-bond acceptors (Lipinski definition) is 3. The second-order valence-corrected chi connectivity index (χ2v) is 5.66. The molecule has 1 amide bonds. The summed E-state index contributed by atoms with van der Waals surface area (Å²) in [4.78, 5) is 13.3. The van der Waals surface area contributed by atoms with Crippen LogP contribution in [0.3, 0.4) is 0 Å². The maximum atomic E-state index is 12.0. The molecule has 0 heterocycles. The molecule has 0 aromatic heterocycles. The van der Waals surface area contributed by atoms with E-state index in [-0.39, 0.29) is 18.1 Å². The van der Waals surface area contributed by atoms with Gasteiger partial charge in [0.15, 0.2) is 0 Å². The Morgan fingerprint density at radius 2 is 2.12 bits per heavy atom. The molecule has 6 heteroatoms. The number of benzene rings is 1. The SMILES string of the molecule is CN(C)C(=O)CCS(=O)c1c(N)cccc1Cl. The molecule has 0 saturated carbocycles. The minimum atomic E-state index is -1.35. The maximum absolute atomic E-state index is 12.0. The summed E-state index contributed by atoms with van der Waals surface area (Å²) in [6.45, 7) is 0. The number of halogens is 1. The largest absolute Gasteiger partial charge is 0.398 e. The molecule has 2 N–H and O–H groups in total. The van der Waals surface area contributed by atoms with Crippen molar-refractivity contribution in [3.05, 3.63) is 23.2 Å². The third-order valence-electron chi connectivity index (χ3n) is 2.23. The molecule has 0 saturated heterocycles. The second-order valence-electron chi connectivity index (χ2n) is 3.75. The third kappa shape index (κ3) is 3.71. The monoisotopic (exact) mass is 274 g/mol. The van der Waals surface area contributed by atoms with Crippen molar-refractivity contribution >= 4 is 34.0 Å².